The third-order valence-corrected chi connectivity index (χ3v) is 6.21. The van der Waals surface area contributed by atoms with Crippen molar-refractivity contribution in [1.29, 1.82) is 0 Å². The van der Waals surface area contributed by atoms with Crippen LogP contribution in [0.25, 0.3) is 0 Å². The molecule has 0 radical (unpaired) electrons. The number of nitrogens with two attached hydrogens (primary N) is 1. The molecule has 3 heterocycles. The van der Waals surface area contributed by atoms with Crippen LogP contribution in [0.1, 0.15) is 42.6 Å². The standard InChI is InChI=1S/C25H29N5O7/c1-15(2)27-25(35)37-13-28-10-4-5-16(11-28)24(34)36-14-30-21(31)9-8-20(23(30)33)29-12-18-17(22(29)32)6-3-7-19(18)26/h3-7,10,15,20H,8-9,11-14,26H2,1-2H3,(H,27,35). The molecule has 4 rings (SSSR count). The van der Waals surface area contributed by atoms with Crippen molar-refractivity contribution in [1.82, 2.24) is 20.0 Å². The third-order valence-electron chi connectivity index (χ3n) is 6.21. The van der Waals surface area contributed by atoms with Crippen molar-refractivity contribution in [2.75, 3.05) is 25.7 Å². The highest BCUT2D eigenvalue weighted by molar-refractivity contribution is 6.06. The van der Waals surface area contributed by atoms with Gasteiger partial charge in [0.05, 0.1) is 12.1 Å². The summed E-state index contributed by atoms with van der Waals surface area (Å²) < 4.78 is 10.4. The van der Waals surface area contributed by atoms with E-state index in [0.717, 1.165) is 4.90 Å². The van der Waals surface area contributed by atoms with Gasteiger partial charge in [-0.2, -0.15) is 0 Å². The van der Waals surface area contributed by atoms with Crippen LogP contribution in [0, 0.1) is 0 Å². The molecule has 1 aromatic rings. The van der Waals surface area contributed by atoms with Gasteiger partial charge in [0.25, 0.3) is 11.8 Å². The lowest BCUT2D eigenvalue weighted by Crippen LogP contribution is -2.55. The average Bonchev–Trinajstić information content (AvgIpc) is 3.20. The summed E-state index contributed by atoms with van der Waals surface area (Å²) in [6, 6.07) is 4.08. The van der Waals surface area contributed by atoms with Gasteiger partial charge in [-0.25, -0.2) is 14.5 Å². The molecule has 4 amide bonds. The van der Waals surface area contributed by atoms with Gasteiger partial charge < -0.3 is 30.3 Å². The Hall–Kier alpha value is -4.35. The van der Waals surface area contributed by atoms with Gasteiger partial charge in [0.2, 0.25) is 5.91 Å². The minimum Gasteiger partial charge on any atom is -0.440 e. The molecule has 0 saturated carbocycles. The van der Waals surface area contributed by atoms with Crippen molar-refractivity contribution in [3.63, 3.8) is 0 Å². The normalized spacial score (nSPS) is 19.2. The van der Waals surface area contributed by atoms with Crippen molar-refractivity contribution in [3.05, 3.63) is 53.3 Å². The number of nitrogens with zero attached hydrogens (tertiary/aromatic N) is 3. The van der Waals surface area contributed by atoms with E-state index in [0.29, 0.717) is 16.8 Å². The van der Waals surface area contributed by atoms with E-state index in [1.54, 1.807) is 55.3 Å². The van der Waals surface area contributed by atoms with Gasteiger partial charge in [0.1, 0.15) is 6.04 Å². The first-order chi connectivity index (χ1) is 17.7. The summed E-state index contributed by atoms with van der Waals surface area (Å²) in [7, 11) is 0. The van der Waals surface area contributed by atoms with Gasteiger partial charge in [-0.15, -0.1) is 0 Å². The first kappa shape index (κ1) is 25.7. The number of nitrogen functional groups attached to an aromatic ring is 1. The Morgan fingerprint density at radius 2 is 1.92 bits per heavy atom. The lowest BCUT2D eigenvalue weighted by molar-refractivity contribution is -0.162. The zero-order chi connectivity index (χ0) is 26.7. The highest BCUT2D eigenvalue weighted by Crippen LogP contribution is 2.32. The number of fused-ring (bicyclic) bond motifs is 1. The first-order valence-electron chi connectivity index (χ1n) is 11.9. The Kier molecular flexibility index (Phi) is 7.46. The lowest BCUT2D eigenvalue weighted by atomic mass is 10.0. The van der Waals surface area contributed by atoms with Crippen molar-refractivity contribution in [2.24, 2.45) is 0 Å². The fourth-order valence-corrected chi connectivity index (χ4v) is 4.34. The third kappa shape index (κ3) is 5.57. The largest absolute Gasteiger partial charge is 0.440 e. The van der Waals surface area contributed by atoms with Gasteiger partial charge >= 0.3 is 12.1 Å². The maximum atomic E-state index is 13.2. The number of piperidine rings is 1. The second kappa shape index (κ2) is 10.7. The van der Waals surface area contributed by atoms with E-state index < -0.39 is 36.6 Å². The molecule has 3 aliphatic rings. The van der Waals surface area contributed by atoms with Crippen molar-refractivity contribution >= 4 is 35.5 Å². The number of allylic oxidation sites excluding steroid dienone is 2. The fourth-order valence-electron chi connectivity index (χ4n) is 4.34. The van der Waals surface area contributed by atoms with E-state index in [2.05, 4.69) is 5.32 Å². The minimum atomic E-state index is -0.864. The van der Waals surface area contributed by atoms with Gasteiger partial charge in [0, 0.05) is 42.0 Å². The molecule has 0 aliphatic carbocycles. The molecule has 12 nitrogen and oxygen atoms in total. The number of amides is 4. The molecule has 1 aromatic carbocycles. The van der Waals surface area contributed by atoms with Gasteiger partial charge in [-0.05, 0) is 44.6 Å². The number of ether oxygens (including phenoxy) is 2. The summed E-state index contributed by atoms with van der Waals surface area (Å²) in [5.74, 6) is -2.13. The molecular weight excluding hydrogens is 482 g/mol. The molecular formula is C25H29N5O7. The lowest BCUT2D eigenvalue weighted by Gasteiger charge is -2.35. The van der Waals surface area contributed by atoms with Crippen LogP contribution in [0.5, 0.6) is 0 Å². The van der Waals surface area contributed by atoms with Crippen LogP contribution >= 0.6 is 0 Å². The van der Waals surface area contributed by atoms with E-state index in [9.17, 15) is 24.0 Å². The highest BCUT2D eigenvalue weighted by Gasteiger charge is 2.43. The maximum absolute atomic E-state index is 13.2. The Bertz CT molecular complexity index is 1190. The molecule has 0 aromatic heterocycles. The summed E-state index contributed by atoms with van der Waals surface area (Å²) >= 11 is 0. The minimum absolute atomic E-state index is 0.0263. The van der Waals surface area contributed by atoms with Crippen LogP contribution in [-0.2, 0) is 30.4 Å². The zero-order valence-corrected chi connectivity index (χ0v) is 20.6. The Balaban J connectivity index is 1.33. The molecule has 3 N–H and O–H groups in total. The summed E-state index contributed by atoms with van der Waals surface area (Å²) in [5, 5.41) is 2.60. The van der Waals surface area contributed by atoms with E-state index in [-0.39, 0.29) is 50.2 Å². The Labute approximate surface area is 213 Å². The number of alkyl carbamates (subject to hydrolysis) is 1. The average molecular weight is 512 g/mol. The van der Waals surface area contributed by atoms with Crippen molar-refractivity contribution in [2.45, 2.75) is 45.3 Å². The predicted octanol–water partition coefficient (Wildman–Crippen LogP) is 1.09. The number of hydrogen-bond donors (Lipinski definition) is 2. The number of hydrogen-bond acceptors (Lipinski definition) is 9. The second-order valence-corrected chi connectivity index (χ2v) is 9.22. The van der Waals surface area contributed by atoms with Crippen molar-refractivity contribution < 1.29 is 33.4 Å². The van der Waals surface area contributed by atoms with E-state index in [1.165, 1.54) is 4.90 Å². The molecule has 196 valence electrons. The number of rotatable bonds is 7. The van der Waals surface area contributed by atoms with Crippen LogP contribution in [0.15, 0.2) is 42.1 Å². The van der Waals surface area contributed by atoms with E-state index in [1.807, 2.05) is 0 Å². The predicted molar refractivity (Wildman–Crippen MR) is 130 cm³/mol. The fraction of sp³-hybridized carbons (Fsp3) is 0.400. The molecule has 12 heteroatoms. The quantitative estimate of drug-likeness (QED) is 0.311. The van der Waals surface area contributed by atoms with Crippen LogP contribution in [0.3, 0.4) is 0 Å². The topological polar surface area (TPSA) is 152 Å². The number of imide groups is 1. The number of likely N-dealkylation sites (tertiary alicyclic amines) is 1. The van der Waals surface area contributed by atoms with Gasteiger partial charge in [-0.1, -0.05) is 6.07 Å². The molecule has 0 spiro atoms. The number of carbonyl (C=O) groups excluding carboxylic acids is 5. The summed E-state index contributed by atoms with van der Waals surface area (Å²) in [6.45, 7) is 3.23. The Morgan fingerprint density at radius 1 is 1.14 bits per heavy atom. The first-order valence-corrected chi connectivity index (χ1v) is 11.9. The van der Waals surface area contributed by atoms with Crippen LogP contribution in [0.2, 0.25) is 0 Å². The SMILES string of the molecule is CC(C)NC(=O)OCN1C=CC=C(C(=O)OCN2C(=O)CCC(N3Cc4c(N)cccc4C3=O)C2=O)C1. The number of benzene rings is 1. The monoisotopic (exact) mass is 511 g/mol. The number of nitrogens with one attached hydrogen (secondary N) is 1. The number of anilines is 1. The summed E-state index contributed by atoms with van der Waals surface area (Å²) in [6.07, 6.45) is 4.41. The smallest absolute Gasteiger partial charge is 0.409 e. The van der Waals surface area contributed by atoms with Crippen LogP contribution in [0.4, 0.5) is 10.5 Å². The number of carbonyl (C=O) groups is 5. The molecule has 0 bridgehead atoms. The molecule has 3 aliphatic heterocycles. The summed E-state index contributed by atoms with van der Waals surface area (Å²) in [5.41, 5.74) is 7.81. The van der Waals surface area contributed by atoms with Crippen LogP contribution in [-0.4, -0.2) is 76.6 Å². The molecule has 1 atom stereocenters. The second-order valence-electron chi connectivity index (χ2n) is 9.22. The Morgan fingerprint density at radius 3 is 2.65 bits per heavy atom. The molecule has 37 heavy (non-hydrogen) atoms. The number of esters is 1. The van der Waals surface area contributed by atoms with Crippen molar-refractivity contribution in [3.8, 4) is 0 Å². The van der Waals surface area contributed by atoms with Crippen LogP contribution < -0.4 is 11.1 Å². The van der Waals surface area contributed by atoms with Gasteiger partial charge in [0.15, 0.2) is 13.5 Å². The molecule has 1 unspecified atom stereocenters. The molecule has 1 saturated heterocycles. The highest BCUT2D eigenvalue weighted by atomic mass is 16.6. The zero-order valence-electron chi connectivity index (χ0n) is 20.6. The maximum Gasteiger partial charge on any atom is 0.409 e. The summed E-state index contributed by atoms with van der Waals surface area (Å²) in [4.78, 5) is 66.8. The van der Waals surface area contributed by atoms with E-state index in [4.69, 9.17) is 15.2 Å². The molecule has 1 fully saturated rings. The van der Waals surface area contributed by atoms with Gasteiger partial charge in [-0.3, -0.25) is 14.4 Å². The van der Waals surface area contributed by atoms with E-state index >= 15 is 0 Å².